The number of rotatable bonds is 6. The van der Waals surface area contributed by atoms with Gasteiger partial charge in [-0.15, -0.1) is 0 Å². The molecule has 3 aliphatic rings. The second-order valence-corrected chi connectivity index (χ2v) is 6.64. The minimum Gasteiger partial charge on any atom is -0.354 e. The van der Waals surface area contributed by atoms with Crippen LogP contribution in [-0.2, 0) is 11.3 Å². The summed E-state index contributed by atoms with van der Waals surface area (Å²) in [6, 6.07) is 0. The first-order valence-corrected chi connectivity index (χ1v) is 8.01. The van der Waals surface area contributed by atoms with Crippen LogP contribution in [-0.4, -0.2) is 27.2 Å². The average molecular weight is 274 g/mol. The lowest BCUT2D eigenvalue weighted by molar-refractivity contribution is -0.122. The van der Waals surface area contributed by atoms with Gasteiger partial charge in [0.15, 0.2) is 5.82 Å². The summed E-state index contributed by atoms with van der Waals surface area (Å²) in [4.78, 5) is 16.7. The van der Waals surface area contributed by atoms with Gasteiger partial charge >= 0.3 is 0 Å². The molecule has 3 saturated carbocycles. The predicted octanol–water partition coefficient (Wildman–Crippen LogP) is 1.95. The summed E-state index contributed by atoms with van der Waals surface area (Å²) in [5.41, 5.74) is 0. The number of nitrogens with zero attached hydrogens (tertiary/aromatic N) is 3. The number of nitrogens with one attached hydrogen (secondary N) is 1. The van der Waals surface area contributed by atoms with Gasteiger partial charge in [-0.3, -0.25) is 4.79 Å². The zero-order chi connectivity index (χ0) is 13.5. The van der Waals surface area contributed by atoms with Crippen LogP contribution in [0.25, 0.3) is 0 Å². The molecule has 1 aromatic rings. The van der Waals surface area contributed by atoms with E-state index in [1.54, 1.807) is 0 Å². The number of amides is 1. The van der Waals surface area contributed by atoms with Crippen LogP contribution in [0.15, 0.2) is 0 Å². The van der Waals surface area contributed by atoms with Crippen molar-refractivity contribution in [3.05, 3.63) is 11.6 Å². The summed E-state index contributed by atoms with van der Waals surface area (Å²) in [6.45, 7) is 1.18. The SMILES string of the molecule is O=C(Cn1nc(C2CC2)nc1C1CC1)NCC1CCC1. The quantitative estimate of drug-likeness (QED) is 0.862. The van der Waals surface area contributed by atoms with Gasteiger partial charge < -0.3 is 5.32 Å². The molecule has 0 spiro atoms. The highest BCUT2D eigenvalue weighted by molar-refractivity contribution is 5.75. The molecule has 0 aromatic carbocycles. The third-order valence-electron chi connectivity index (χ3n) is 4.71. The van der Waals surface area contributed by atoms with Crippen LogP contribution in [0, 0.1) is 5.92 Å². The van der Waals surface area contributed by atoms with E-state index in [-0.39, 0.29) is 5.91 Å². The van der Waals surface area contributed by atoms with E-state index in [9.17, 15) is 4.79 Å². The van der Waals surface area contributed by atoms with Gasteiger partial charge in [-0.05, 0) is 44.4 Å². The van der Waals surface area contributed by atoms with E-state index < -0.39 is 0 Å². The van der Waals surface area contributed by atoms with Gasteiger partial charge in [0, 0.05) is 18.4 Å². The average Bonchev–Trinajstić information content (AvgIpc) is 3.27. The Kier molecular flexibility index (Phi) is 3.00. The smallest absolute Gasteiger partial charge is 0.241 e. The highest BCUT2D eigenvalue weighted by Crippen LogP contribution is 2.42. The van der Waals surface area contributed by atoms with Crippen molar-refractivity contribution in [2.45, 2.75) is 63.3 Å². The largest absolute Gasteiger partial charge is 0.354 e. The van der Waals surface area contributed by atoms with Gasteiger partial charge in [-0.2, -0.15) is 5.10 Å². The molecule has 3 fully saturated rings. The first kappa shape index (κ1) is 12.4. The van der Waals surface area contributed by atoms with Crippen molar-refractivity contribution in [1.82, 2.24) is 20.1 Å². The molecular formula is C15H22N4O. The Morgan fingerprint density at radius 2 is 1.90 bits per heavy atom. The fourth-order valence-electron chi connectivity index (χ4n) is 2.79. The summed E-state index contributed by atoms with van der Waals surface area (Å²) < 4.78 is 1.86. The van der Waals surface area contributed by atoms with Crippen molar-refractivity contribution in [3.63, 3.8) is 0 Å². The summed E-state index contributed by atoms with van der Waals surface area (Å²) in [5.74, 6) is 3.93. The van der Waals surface area contributed by atoms with E-state index in [0.717, 1.165) is 18.2 Å². The Hall–Kier alpha value is -1.39. The molecule has 0 bridgehead atoms. The molecule has 0 unspecified atom stereocenters. The molecule has 1 N–H and O–H groups in total. The Balaban J connectivity index is 1.39. The van der Waals surface area contributed by atoms with Crippen molar-refractivity contribution in [2.75, 3.05) is 6.54 Å². The zero-order valence-electron chi connectivity index (χ0n) is 11.8. The molecule has 1 aromatic heterocycles. The Labute approximate surface area is 119 Å². The summed E-state index contributed by atoms with van der Waals surface area (Å²) in [6.07, 6.45) is 8.68. The van der Waals surface area contributed by atoms with Gasteiger partial charge in [0.05, 0.1) is 0 Å². The third kappa shape index (κ3) is 2.58. The minimum atomic E-state index is 0.0889. The first-order chi connectivity index (χ1) is 9.79. The van der Waals surface area contributed by atoms with Crippen LogP contribution in [0.2, 0.25) is 0 Å². The molecule has 108 valence electrons. The maximum Gasteiger partial charge on any atom is 0.241 e. The van der Waals surface area contributed by atoms with E-state index in [2.05, 4.69) is 15.4 Å². The fraction of sp³-hybridized carbons (Fsp3) is 0.800. The highest BCUT2D eigenvalue weighted by Gasteiger charge is 2.34. The van der Waals surface area contributed by atoms with Crippen molar-refractivity contribution in [2.24, 2.45) is 5.92 Å². The van der Waals surface area contributed by atoms with E-state index >= 15 is 0 Å². The second kappa shape index (κ2) is 4.86. The van der Waals surface area contributed by atoms with Crippen LogP contribution >= 0.6 is 0 Å². The summed E-state index contributed by atoms with van der Waals surface area (Å²) in [7, 11) is 0. The molecule has 0 aliphatic heterocycles. The molecule has 5 heteroatoms. The molecule has 0 atom stereocenters. The lowest BCUT2D eigenvalue weighted by Gasteiger charge is -2.25. The van der Waals surface area contributed by atoms with E-state index in [1.807, 2.05) is 4.68 Å². The lowest BCUT2D eigenvalue weighted by Crippen LogP contribution is -2.34. The monoisotopic (exact) mass is 274 g/mol. The maximum atomic E-state index is 12.0. The number of hydrogen-bond acceptors (Lipinski definition) is 3. The molecule has 5 nitrogen and oxygen atoms in total. The normalized spacial score (nSPS) is 22.6. The Bertz CT molecular complexity index is 512. The number of carbonyl (C=O) groups is 1. The van der Waals surface area contributed by atoms with Gasteiger partial charge in [-0.1, -0.05) is 6.42 Å². The predicted molar refractivity (Wildman–Crippen MR) is 74.3 cm³/mol. The molecule has 4 rings (SSSR count). The van der Waals surface area contributed by atoms with Crippen LogP contribution in [0.1, 0.15) is 68.4 Å². The van der Waals surface area contributed by atoms with E-state index in [1.165, 1.54) is 44.9 Å². The zero-order valence-corrected chi connectivity index (χ0v) is 11.8. The summed E-state index contributed by atoms with van der Waals surface area (Å²) in [5, 5.41) is 7.63. The van der Waals surface area contributed by atoms with Gasteiger partial charge in [0.2, 0.25) is 5.91 Å². The van der Waals surface area contributed by atoms with Gasteiger partial charge in [-0.25, -0.2) is 9.67 Å². The first-order valence-electron chi connectivity index (χ1n) is 8.01. The molecular weight excluding hydrogens is 252 g/mol. The van der Waals surface area contributed by atoms with Crippen molar-refractivity contribution in [1.29, 1.82) is 0 Å². The molecule has 0 saturated heterocycles. The number of hydrogen-bond donors (Lipinski definition) is 1. The van der Waals surface area contributed by atoms with E-state index in [0.29, 0.717) is 24.3 Å². The van der Waals surface area contributed by atoms with E-state index in [4.69, 9.17) is 0 Å². The molecule has 1 amide bonds. The van der Waals surface area contributed by atoms with Crippen molar-refractivity contribution >= 4 is 5.91 Å². The molecule has 0 radical (unpaired) electrons. The maximum absolute atomic E-state index is 12.0. The van der Waals surface area contributed by atoms with Crippen molar-refractivity contribution < 1.29 is 4.79 Å². The standard InChI is InChI=1S/C15H22N4O/c20-13(16-8-10-2-1-3-10)9-19-15(12-6-7-12)17-14(18-19)11-4-5-11/h10-12H,1-9H2,(H,16,20). The second-order valence-electron chi connectivity index (χ2n) is 6.64. The number of aromatic nitrogens is 3. The van der Waals surface area contributed by atoms with Crippen LogP contribution < -0.4 is 5.32 Å². The van der Waals surface area contributed by atoms with Crippen LogP contribution in [0.5, 0.6) is 0 Å². The molecule has 20 heavy (non-hydrogen) atoms. The van der Waals surface area contributed by atoms with Gasteiger partial charge in [0.1, 0.15) is 12.4 Å². The third-order valence-corrected chi connectivity index (χ3v) is 4.71. The van der Waals surface area contributed by atoms with Crippen LogP contribution in [0.4, 0.5) is 0 Å². The topological polar surface area (TPSA) is 59.8 Å². The Morgan fingerprint density at radius 1 is 1.15 bits per heavy atom. The minimum absolute atomic E-state index is 0.0889. The fourth-order valence-corrected chi connectivity index (χ4v) is 2.79. The van der Waals surface area contributed by atoms with Crippen molar-refractivity contribution in [3.8, 4) is 0 Å². The number of carbonyl (C=O) groups excluding carboxylic acids is 1. The molecule has 3 aliphatic carbocycles. The molecule has 1 heterocycles. The highest BCUT2D eigenvalue weighted by atomic mass is 16.2. The summed E-state index contributed by atoms with van der Waals surface area (Å²) >= 11 is 0. The van der Waals surface area contributed by atoms with Crippen LogP contribution in [0.3, 0.4) is 0 Å². The lowest BCUT2D eigenvalue weighted by atomic mass is 9.85. The Morgan fingerprint density at radius 3 is 2.50 bits per heavy atom. The van der Waals surface area contributed by atoms with Gasteiger partial charge in [0.25, 0.3) is 0 Å².